The lowest BCUT2D eigenvalue weighted by Gasteiger charge is -2.32. The SMILES string of the molecule is O=C1c2ccccc2C(=O)N1c1cc(F)c(N2CCC(O)CC2)c(F)c1. The van der Waals surface area contributed by atoms with Gasteiger partial charge >= 0.3 is 0 Å². The highest BCUT2D eigenvalue weighted by molar-refractivity contribution is 6.34. The topological polar surface area (TPSA) is 60.9 Å². The predicted octanol–water partition coefficient (Wildman–Crippen LogP) is 2.73. The van der Waals surface area contributed by atoms with Gasteiger partial charge in [-0.2, -0.15) is 0 Å². The quantitative estimate of drug-likeness (QED) is 0.839. The zero-order valence-electron chi connectivity index (χ0n) is 13.8. The minimum Gasteiger partial charge on any atom is -0.393 e. The molecule has 0 spiro atoms. The molecule has 0 saturated carbocycles. The Hall–Kier alpha value is -2.80. The van der Waals surface area contributed by atoms with Crippen LogP contribution >= 0.6 is 0 Å². The minimum absolute atomic E-state index is 0.132. The van der Waals surface area contributed by atoms with E-state index in [1.807, 2.05) is 0 Å². The normalized spacial score (nSPS) is 17.8. The molecule has 2 aromatic rings. The van der Waals surface area contributed by atoms with E-state index in [1.165, 1.54) is 17.0 Å². The summed E-state index contributed by atoms with van der Waals surface area (Å²) in [5.41, 5.74) is 0.101. The van der Waals surface area contributed by atoms with Crippen molar-refractivity contribution in [2.45, 2.75) is 18.9 Å². The third-order valence-electron chi connectivity index (χ3n) is 4.83. The molecule has 26 heavy (non-hydrogen) atoms. The number of piperidine rings is 1. The van der Waals surface area contributed by atoms with Crippen LogP contribution in [0.1, 0.15) is 33.6 Å². The highest BCUT2D eigenvalue weighted by Gasteiger charge is 2.37. The minimum atomic E-state index is -0.840. The van der Waals surface area contributed by atoms with Crippen molar-refractivity contribution in [3.05, 3.63) is 59.2 Å². The van der Waals surface area contributed by atoms with E-state index in [2.05, 4.69) is 0 Å². The maximum Gasteiger partial charge on any atom is 0.266 e. The van der Waals surface area contributed by atoms with E-state index in [0.717, 1.165) is 17.0 Å². The van der Waals surface area contributed by atoms with Crippen molar-refractivity contribution >= 4 is 23.2 Å². The monoisotopic (exact) mass is 358 g/mol. The van der Waals surface area contributed by atoms with Crippen LogP contribution in [0.4, 0.5) is 20.2 Å². The molecule has 2 aliphatic rings. The lowest BCUT2D eigenvalue weighted by molar-refractivity contribution is 0.0926. The van der Waals surface area contributed by atoms with Crippen LogP contribution in [-0.4, -0.2) is 36.1 Å². The Morgan fingerprint density at radius 1 is 0.923 bits per heavy atom. The van der Waals surface area contributed by atoms with Gasteiger partial charge in [-0.3, -0.25) is 9.59 Å². The van der Waals surface area contributed by atoms with Crippen molar-refractivity contribution in [3.63, 3.8) is 0 Å². The van der Waals surface area contributed by atoms with Crippen LogP contribution in [0.25, 0.3) is 0 Å². The zero-order chi connectivity index (χ0) is 18.4. The Morgan fingerprint density at radius 3 is 1.92 bits per heavy atom. The molecule has 2 heterocycles. The van der Waals surface area contributed by atoms with Crippen molar-refractivity contribution < 1.29 is 23.5 Å². The van der Waals surface area contributed by atoms with Gasteiger partial charge in [0.05, 0.1) is 22.9 Å². The number of aliphatic hydroxyl groups is 1. The second-order valence-corrected chi connectivity index (χ2v) is 6.47. The molecular formula is C19H16F2N2O3. The molecule has 0 unspecified atom stereocenters. The molecule has 7 heteroatoms. The van der Waals surface area contributed by atoms with E-state index >= 15 is 0 Å². The van der Waals surface area contributed by atoms with Gasteiger partial charge in [-0.15, -0.1) is 0 Å². The van der Waals surface area contributed by atoms with Crippen LogP contribution in [0.15, 0.2) is 36.4 Å². The number of amides is 2. The summed E-state index contributed by atoms with van der Waals surface area (Å²) in [4.78, 5) is 27.3. The first-order chi connectivity index (χ1) is 12.5. The molecule has 2 aromatic carbocycles. The standard InChI is InChI=1S/C19H16F2N2O3/c20-15-9-11(10-16(21)17(15)22-7-5-12(24)6-8-22)23-18(25)13-3-1-2-4-14(13)19(23)26/h1-4,9-10,12,24H,5-8H2. The number of halogens is 2. The summed E-state index contributed by atoms with van der Waals surface area (Å²) < 4.78 is 29.3. The summed E-state index contributed by atoms with van der Waals surface area (Å²) >= 11 is 0. The lowest BCUT2D eigenvalue weighted by atomic mass is 10.1. The number of fused-ring (bicyclic) bond motifs is 1. The van der Waals surface area contributed by atoms with Gasteiger partial charge in [-0.05, 0) is 25.0 Å². The van der Waals surface area contributed by atoms with E-state index in [-0.39, 0.29) is 22.5 Å². The van der Waals surface area contributed by atoms with E-state index in [9.17, 15) is 23.5 Å². The maximum atomic E-state index is 14.6. The fourth-order valence-electron chi connectivity index (χ4n) is 3.50. The van der Waals surface area contributed by atoms with E-state index < -0.39 is 29.6 Å². The van der Waals surface area contributed by atoms with Crippen LogP contribution in [0, 0.1) is 11.6 Å². The predicted molar refractivity (Wildman–Crippen MR) is 91.4 cm³/mol. The number of rotatable bonds is 2. The fourth-order valence-corrected chi connectivity index (χ4v) is 3.50. The first kappa shape index (κ1) is 16.7. The third kappa shape index (κ3) is 2.55. The number of anilines is 2. The molecule has 0 bridgehead atoms. The molecule has 1 fully saturated rings. The smallest absolute Gasteiger partial charge is 0.266 e. The molecule has 1 N–H and O–H groups in total. The van der Waals surface area contributed by atoms with Crippen molar-refractivity contribution in [1.82, 2.24) is 0 Å². The molecule has 4 rings (SSSR count). The van der Waals surface area contributed by atoms with Crippen LogP contribution in [0.2, 0.25) is 0 Å². The number of imide groups is 1. The van der Waals surface area contributed by atoms with Crippen molar-refractivity contribution in [2.24, 2.45) is 0 Å². The van der Waals surface area contributed by atoms with Crippen molar-refractivity contribution in [1.29, 1.82) is 0 Å². The van der Waals surface area contributed by atoms with Gasteiger partial charge in [-0.1, -0.05) is 12.1 Å². The van der Waals surface area contributed by atoms with Gasteiger partial charge in [0.2, 0.25) is 0 Å². The Kier molecular flexibility index (Phi) is 3.96. The van der Waals surface area contributed by atoms with Gasteiger partial charge in [0.15, 0.2) is 11.6 Å². The Bertz CT molecular complexity index is 849. The number of hydrogen-bond acceptors (Lipinski definition) is 4. The Balaban J connectivity index is 1.69. The van der Waals surface area contributed by atoms with Crippen LogP contribution < -0.4 is 9.80 Å². The summed E-state index contributed by atoms with van der Waals surface area (Å²) in [5.74, 6) is -2.88. The number of carbonyl (C=O) groups is 2. The van der Waals surface area contributed by atoms with Gasteiger partial charge in [-0.25, -0.2) is 13.7 Å². The van der Waals surface area contributed by atoms with Gasteiger partial charge < -0.3 is 10.0 Å². The van der Waals surface area contributed by atoms with Crippen molar-refractivity contribution in [3.8, 4) is 0 Å². The largest absolute Gasteiger partial charge is 0.393 e. The van der Waals surface area contributed by atoms with Crippen LogP contribution in [0.5, 0.6) is 0 Å². The summed E-state index contributed by atoms with van der Waals surface area (Å²) in [6.07, 6.45) is 0.396. The molecule has 0 aromatic heterocycles. The zero-order valence-corrected chi connectivity index (χ0v) is 13.8. The summed E-state index contributed by atoms with van der Waals surface area (Å²) in [5, 5.41) is 9.55. The van der Waals surface area contributed by atoms with E-state index in [0.29, 0.717) is 25.9 Å². The second-order valence-electron chi connectivity index (χ2n) is 6.47. The summed E-state index contributed by atoms with van der Waals surface area (Å²) in [6, 6.07) is 8.28. The Morgan fingerprint density at radius 2 is 1.42 bits per heavy atom. The van der Waals surface area contributed by atoms with Crippen LogP contribution in [-0.2, 0) is 0 Å². The first-order valence-corrected chi connectivity index (χ1v) is 8.37. The lowest BCUT2D eigenvalue weighted by Crippen LogP contribution is -2.37. The average molecular weight is 358 g/mol. The molecule has 2 amide bonds. The molecule has 1 saturated heterocycles. The second kappa shape index (κ2) is 6.17. The number of hydrogen-bond donors (Lipinski definition) is 1. The van der Waals surface area contributed by atoms with E-state index in [1.54, 1.807) is 12.1 Å². The maximum absolute atomic E-state index is 14.6. The number of benzene rings is 2. The molecule has 0 atom stereocenters. The van der Waals surface area contributed by atoms with Gasteiger partial charge in [0, 0.05) is 25.2 Å². The van der Waals surface area contributed by atoms with Crippen LogP contribution in [0.3, 0.4) is 0 Å². The molecule has 134 valence electrons. The molecule has 0 aliphatic carbocycles. The summed E-state index contributed by atoms with van der Waals surface area (Å²) in [6.45, 7) is 0.669. The van der Waals surface area contributed by atoms with Gasteiger partial charge in [0.1, 0.15) is 5.69 Å². The number of carbonyl (C=O) groups excluding carboxylic acids is 2. The van der Waals surface area contributed by atoms with E-state index in [4.69, 9.17) is 0 Å². The number of nitrogens with zero attached hydrogens (tertiary/aromatic N) is 2. The first-order valence-electron chi connectivity index (χ1n) is 8.37. The fraction of sp³-hybridized carbons (Fsp3) is 0.263. The highest BCUT2D eigenvalue weighted by Crippen LogP contribution is 2.34. The molecule has 2 aliphatic heterocycles. The molecule has 5 nitrogen and oxygen atoms in total. The average Bonchev–Trinajstić information content (AvgIpc) is 2.87. The number of aliphatic hydroxyl groups excluding tert-OH is 1. The van der Waals surface area contributed by atoms with Crippen molar-refractivity contribution in [2.75, 3.05) is 22.9 Å². The summed E-state index contributed by atoms with van der Waals surface area (Å²) in [7, 11) is 0. The third-order valence-corrected chi connectivity index (χ3v) is 4.83. The molecule has 0 radical (unpaired) electrons. The Labute approximate surface area is 148 Å². The highest BCUT2D eigenvalue weighted by atomic mass is 19.1. The van der Waals surface area contributed by atoms with Gasteiger partial charge in [0.25, 0.3) is 11.8 Å². The molecular weight excluding hydrogens is 342 g/mol.